The molecule has 0 aromatic heterocycles. The van der Waals surface area contributed by atoms with E-state index < -0.39 is 0 Å². The Labute approximate surface area is 97.7 Å². The Balaban J connectivity index is 2.52. The molecule has 0 aliphatic rings. The highest BCUT2D eigenvalue weighted by Crippen LogP contribution is 2.21. The smallest absolute Gasteiger partial charge is 0.0790 e. The van der Waals surface area contributed by atoms with Crippen molar-refractivity contribution in [2.45, 2.75) is 18.9 Å². The van der Waals surface area contributed by atoms with E-state index in [0.29, 0.717) is 6.61 Å². The van der Waals surface area contributed by atoms with Gasteiger partial charge in [-0.3, -0.25) is 0 Å². The first-order chi connectivity index (χ1) is 7.65. The van der Waals surface area contributed by atoms with Gasteiger partial charge in [-0.15, -0.1) is 0 Å². The van der Waals surface area contributed by atoms with Crippen molar-refractivity contribution in [3.05, 3.63) is 29.8 Å². The third-order valence-electron chi connectivity index (χ3n) is 2.62. The fourth-order valence-corrected chi connectivity index (χ4v) is 1.58. The minimum Gasteiger partial charge on any atom is -0.388 e. The Hall–Kier alpha value is -1.06. The van der Waals surface area contributed by atoms with Crippen molar-refractivity contribution in [2.75, 3.05) is 32.7 Å². The monoisotopic (exact) mass is 223 g/mol. The van der Waals surface area contributed by atoms with E-state index in [0.717, 1.165) is 24.1 Å². The van der Waals surface area contributed by atoms with Crippen molar-refractivity contribution in [1.82, 2.24) is 0 Å². The maximum Gasteiger partial charge on any atom is 0.0790 e. The van der Waals surface area contributed by atoms with Crippen LogP contribution >= 0.6 is 0 Å². The summed E-state index contributed by atoms with van der Waals surface area (Å²) in [5, 5.41) is 9.91. The molecule has 16 heavy (non-hydrogen) atoms. The van der Waals surface area contributed by atoms with Gasteiger partial charge in [0, 0.05) is 33.5 Å². The number of methoxy groups -OCH3 is 1. The van der Waals surface area contributed by atoms with Crippen molar-refractivity contribution >= 4 is 5.69 Å². The molecule has 0 heterocycles. The number of aliphatic hydroxyl groups is 1. The topological polar surface area (TPSA) is 32.7 Å². The van der Waals surface area contributed by atoms with Crippen LogP contribution in [0.3, 0.4) is 0 Å². The van der Waals surface area contributed by atoms with E-state index in [4.69, 9.17) is 4.74 Å². The molecular weight excluding hydrogens is 202 g/mol. The third-order valence-corrected chi connectivity index (χ3v) is 2.62. The first kappa shape index (κ1) is 13.0. The summed E-state index contributed by atoms with van der Waals surface area (Å²) in [7, 11) is 5.69. The standard InChI is InChI=1S/C13H21NO2/c1-14(2)12-8-6-11(7-9-12)13(15)5-4-10-16-3/h6-9,13,15H,4-5,10H2,1-3H3. The zero-order chi connectivity index (χ0) is 12.0. The zero-order valence-corrected chi connectivity index (χ0v) is 10.3. The Kier molecular flexibility index (Phi) is 5.29. The molecule has 1 rings (SSSR count). The first-order valence-corrected chi connectivity index (χ1v) is 5.59. The van der Waals surface area contributed by atoms with Crippen LogP contribution in [0.15, 0.2) is 24.3 Å². The largest absolute Gasteiger partial charge is 0.388 e. The van der Waals surface area contributed by atoms with E-state index in [1.54, 1.807) is 7.11 Å². The predicted molar refractivity (Wildman–Crippen MR) is 66.8 cm³/mol. The number of hydrogen-bond acceptors (Lipinski definition) is 3. The fourth-order valence-electron chi connectivity index (χ4n) is 1.58. The Morgan fingerprint density at radius 2 is 1.88 bits per heavy atom. The van der Waals surface area contributed by atoms with E-state index >= 15 is 0 Å². The Morgan fingerprint density at radius 1 is 1.25 bits per heavy atom. The third kappa shape index (κ3) is 3.83. The molecule has 3 heteroatoms. The van der Waals surface area contributed by atoms with Gasteiger partial charge in [0.1, 0.15) is 0 Å². The van der Waals surface area contributed by atoms with E-state index in [9.17, 15) is 5.11 Å². The van der Waals surface area contributed by atoms with Crippen LogP contribution in [0.5, 0.6) is 0 Å². The van der Waals surface area contributed by atoms with Gasteiger partial charge in [0.15, 0.2) is 0 Å². The maximum atomic E-state index is 9.91. The lowest BCUT2D eigenvalue weighted by atomic mass is 10.0. The van der Waals surface area contributed by atoms with Crippen LogP contribution in [0.2, 0.25) is 0 Å². The molecule has 1 aromatic rings. The summed E-state index contributed by atoms with van der Waals surface area (Å²) in [5.41, 5.74) is 2.12. The lowest BCUT2D eigenvalue weighted by molar-refractivity contribution is 0.136. The zero-order valence-electron chi connectivity index (χ0n) is 10.3. The van der Waals surface area contributed by atoms with E-state index in [1.807, 2.05) is 43.3 Å². The highest BCUT2D eigenvalue weighted by molar-refractivity contribution is 5.46. The molecule has 0 aliphatic carbocycles. The van der Waals surface area contributed by atoms with Crippen LogP contribution in [-0.4, -0.2) is 32.9 Å². The van der Waals surface area contributed by atoms with Gasteiger partial charge in [0.25, 0.3) is 0 Å². The molecular formula is C13H21NO2. The van der Waals surface area contributed by atoms with Crippen molar-refractivity contribution < 1.29 is 9.84 Å². The van der Waals surface area contributed by atoms with Crippen LogP contribution in [0, 0.1) is 0 Å². The number of benzene rings is 1. The first-order valence-electron chi connectivity index (χ1n) is 5.59. The summed E-state index contributed by atoms with van der Waals surface area (Å²) in [6.45, 7) is 0.701. The van der Waals surface area contributed by atoms with Gasteiger partial charge in [-0.1, -0.05) is 12.1 Å². The van der Waals surface area contributed by atoms with Crippen molar-refractivity contribution in [3.8, 4) is 0 Å². The van der Waals surface area contributed by atoms with Gasteiger partial charge in [0.2, 0.25) is 0 Å². The summed E-state index contributed by atoms with van der Waals surface area (Å²) in [4.78, 5) is 2.04. The predicted octanol–water partition coefficient (Wildman–Crippen LogP) is 2.21. The maximum absolute atomic E-state index is 9.91. The summed E-state index contributed by atoms with van der Waals surface area (Å²) >= 11 is 0. The highest BCUT2D eigenvalue weighted by atomic mass is 16.5. The van der Waals surface area contributed by atoms with E-state index in [-0.39, 0.29) is 6.10 Å². The number of aliphatic hydroxyl groups excluding tert-OH is 1. The summed E-state index contributed by atoms with van der Waals surface area (Å²) in [5.74, 6) is 0. The van der Waals surface area contributed by atoms with Gasteiger partial charge in [-0.05, 0) is 30.5 Å². The van der Waals surface area contributed by atoms with Crippen LogP contribution in [-0.2, 0) is 4.74 Å². The van der Waals surface area contributed by atoms with Crippen molar-refractivity contribution in [2.24, 2.45) is 0 Å². The summed E-state index contributed by atoms with van der Waals surface area (Å²) in [6, 6.07) is 8.00. The van der Waals surface area contributed by atoms with Crippen LogP contribution in [0.4, 0.5) is 5.69 Å². The molecule has 0 radical (unpaired) electrons. The number of nitrogens with zero attached hydrogens (tertiary/aromatic N) is 1. The minimum atomic E-state index is -0.383. The van der Waals surface area contributed by atoms with Gasteiger partial charge >= 0.3 is 0 Å². The molecule has 1 unspecified atom stereocenters. The molecule has 0 saturated carbocycles. The number of anilines is 1. The Bertz CT molecular complexity index is 295. The van der Waals surface area contributed by atoms with E-state index in [2.05, 4.69) is 0 Å². The number of ether oxygens (including phenoxy) is 1. The average molecular weight is 223 g/mol. The fraction of sp³-hybridized carbons (Fsp3) is 0.538. The second-order valence-corrected chi connectivity index (χ2v) is 4.14. The second-order valence-electron chi connectivity index (χ2n) is 4.14. The lowest BCUT2D eigenvalue weighted by Gasteiger charge is -2.15. The van der Waals surface area contributed by atoms with Gasteiger partial charge < -0.3 is 14.7 Å². The molecule has 0 fully saturated rings. The highest BCUT2D eigenvalue weighted by Gasteiger charge is 2.07. The molecule has 1 N–H and O–H groups in total. The minimum absolute atomic E-state index is 0.383. The molecule has 3 nitrogen and oxygen atoms in total. The van der Waals surface area contributed by atoms with Crippen LogP contribution in [0.1, 0.15) is 24.5 Å². The normalized spacial score (nSPS) is 12.5. The van der Waals surface area contributed by atoms with Crippen LogP contribution in [0.25, 0.3) is 0 Å². The molecule has 0 saturated heterocycles. The second kappa shape index (κ2) is 6.51. The van der Waals surface area contributed by atoms with Gasteiger partial charge in [-0.2, -0.15) is 0 Å². The number of rotatable bonds is 6. The Morgan fingerprint density at radius 3 is 2.38 bits per heavy atom. The molecule has 1 atom stereocenters. The number of hydrogen-bond donors (Lipinski definition) is 1. The molecule has 90 valence electrons. The van der Waals surface area contributed by atoms with E-state index in [1.165, 1.54) is 0 Å². The lowest BCUT2D eigenvalue weighted by Crippen LogP contribution is -2.08. The van der Waals surface area contributed by atoms with Gasteiger partial charge in [0.05, 0.1) is 6.10 Å². The molecule has 0 bridgehead atoms. The summed E-state index contributed by atoms with van der Waals surface area (Å²) < 4.78 is 4.96. The molecule has 0 spiro atoms. The SMILES string of the molecule is COCCCC(O)c1ccc(N(C)C)cc1. The quantitative estimate of drug-likeness (QED) is 0.751. The molecule has 0 aliphatic heterocycles. The molecule has 0 amide bonds. The van der Waals surface area contributed by atoms with Crippen LogP contribution < -0.4 is 4.90 Å². The van der Waals surface area contributed by atoms with Gasteiger partial charge in [-0.25, -0.2) is 0 Å². The van der Waals surface area contributed by atoms with Crippen molar-refractivity contribution in [3.63, 3.8) is 0 Å². The van der Waals surface area contributed by atoms with Crippen molar-refractivity contribution in [1.29, 1.82) is 0 Å². The molecule has 1 aromatic carbocycles. The summed E-state index contributed by atoms with van der Waals surface area (Å²) in [6.07, 6.45) is 1.24. The average Bonchev–Trinajstić information content (AvgIpc) is 2.29.